The lowest BCUT2D eigenvalue weighted by molar-refractivity contribution is -0.597. The molecule has 2 aromatic heterocycles. The molecule has 0 unspecified atom stereocenters. The zero-order chi connectivity index (χ0) is 14.8. The van der Waals surface area contributed by atoms with Crippen LogP contribution >= 0.6 is 11.8 Å². The SMILES string of the molecule is CCCSc1n[n+]2c(CC)nc3ccccc3c2c(=O)[nH]1. The molecule has 2 heterocycles. The van der Waals surface area contributed by atoms with Crippen LogP contribution in [0.25, 0.3) is 16.4 Å². The van der Waals surface area contributed by atoms with Gasteiger partial charge in [0, 0.05) is 5.75 Å². The first-order chi connectivity index (χ1) is 10.2. The highest BCUT2D eigenvalue weighted by atomic mass is 32.2. The Hall–Kier alpha value is -1.95. The lowest BCUT2D eigenvalue weighted by atomic mass is 10.2. The van der Waals surface area contributed by atoms with Crippen LogP contribution in [-0.4, -0.2) is 20.8 Å². The first kappa shape index (κ1) is 14.0. The van der Waals surface area contributed by atoms with Gasteiger partial charge in [-0.1, -0.05) is 47.4 Å². The second-order valence-corrected chi connectivity index (χ2v) is 5.85. The fourth-order valence-corrected chi connectivity index (χ4v) is 2.99. The zero-order valence-electron chi connectivity index (χ0n) is 12.1. The maximum absolute atomic E-state index is 12.5. The smallest absolute Gasteiger partial charge is 0.295 e. The van der Waals surface area contributed by atoms with E-state index in [1.54, 1.807) is 16.3 Å². The maximum Gasteiger partial charge on any atom is 0.324 e. The monoisotopic (exact) mass is 301 g/mol. The molecule has 0 bridgehead atoms. The number of thioether (sulfide) groups is 1. The van der Waals surface area contributed by atoms with Crippen molar-refractivity contribution >= 4 is 28.2 Å². The molecule has 0 aliphatic carbocycles. The van der Waals surface area contributed by atoms with Gasteiger partial charge in [0.15, 0.2) is 5.52 Å². The fourth-order valence-electron chi connectivity index (χ4n) is 2.29. The molecule has 0 radical (unpaired) electrons. The maximum atomic E-state index is 12.5. The summed E-state index contributed by atoms with van der Waals surface area (Å²) in [4.78, 5) is 20.0. The Bertz CT molecular complexity index is 859. The molecule has 1 N–H and O–H groups in total. The van der Waals surface area contributed by atoms with Crippen molar-refractivity contribution in [3.63, 3.8) is 0 Å². The second kappa shape index (κ2) is 5.81. The van der Waals surface area contributed by atoms with Gasteiger partial charge in [0.1, 0.15) is 0 Å². The van der Waals surface area contributed by atoms with Crippen molar-refractivity contribution in [2.75, 3.05) is 5.75 Å². The highest BCUT2D eigenvalue weighted by molar-refractivity contribution is 7.99. The van der Waals surface area contributed by atoms with E-state index in [0.29, 0.717) is 10.7 Å². The number of hydrogen-bond donors (Lipinski definition) is 1. The van der Waals surface area contributed by atoms with Crippen LogP contribution in [0.1, 0.15) is 26.1 Å². The van der Waals surface area contributed by atoms with E-state index in [9.17, 15) is 4.79 Å². The lowest BCUT2D eigenvalue weighted by Gasteiger charge is -2.02. The molecule has 0 amide bonds. The average Bonchev–Trinajstić information content (AvgIpc) is 2.51. The summed E-state index contributed by atoms with van der Waals surface area (Å²) in [5, 5.41) is 6.03. The first-order valence-corrected chi connectivity index (χ1v) is 8.10. The van der Waals surface area contributed by atoms with Crippen molar-refractivity contribution in [1.29, 1.82) is 0 Å². The van der Waals surface area contributed by atoms with Gasteiger partial charge in [-0.3, -0.25) is 9.78 Å². The molecule has 3 rings (SSSR count). The summed E-state index contributed by atoms with van der Waals surface area (Å²) in [6.45, 7) is 4.12. The molecule has 1 aromatic carbocycles. The van der Waals surface area contributed by atoms with Crippen LogP contribution in [0.3, 0.4) is 0 Å². The van der Waals surface area contributed by atoms with Gasteiger partial charge in [0.25, 0.3) is 0 Å². The van der Waals surface area contributed by atoms with E-state index in [4.69, 9.17) is 0 Å². The summed E-state index contributed by atoms with van der Waals surface area (Å²) in [7, 11) is 0. The third-order valence-electron chi connectivity index (χ3n) is 3.25. The minimum absolute atomic E-state index is 0.114. The third-order valence-corrected chi connectivity index (χ3v) is 4.32. The summed E-state index contributed by atoms with van der Waals surface area (Å²) in [5.74, 6) is 1.73. The van der Waals surface area contributed by atoms with Gasteiger partial charge in [-0.2, -0.15) is 0 Å². The molecule has 108 valence electrons. The van der Waals surface area contributed by atoms with Crippen molar-refractivity contribution in [3.8, 4) is 0 Å². The largest absolute Gasteiger partial charge is 0.324 e. The minimum atomic E-state index is -0.114. The standard InChI is InChI=1S/C15H16N4OS/c1-3-9-21-15-17-14(20)13-10-7-5-6-8-11(10)16-12(4-2)19(13)18-15/h5-8H,3-4,9H2,1-2H3/p+1. The summed E-state index contributed by atoms with van der Waals surface area (Å²) in [5.41, 5.74) is 1.28. The molecule has 3 aromatic rings. The van der Waals surface area contributed by atoms with Crippen molar-refractivity contribution in [2.45, 2.75) is 31.8 Å². The van der Waals surface area contributed by atoms with Crippen LogP contribution in [0.4, 0.5) is 0 Å². The Balaban J connectivity index is 2.36. The summed E-state index contributed by atoms with van der Waals surface area (Å²) in [6, 6.07) is 7.67. The summed E-state index contributed by atoms with van der Waals surface area (Å²) >= 11 is 1.56. The molecule has 0 saturated heterocycles. The highest BCUT2D eigenvalue weighted by Crippen LogP contribution is 2.15. The van der Waals surface area contributed by atoms with Crippen LogP contribution in [0.2, 0.25) is 0 Å². The highest BCUT2D eigenvalue weighted by Gasteiger charge is 2.20. The lowest BCUT2D eigenvalue weighted by Crippen LogP contribution is -2.39. The van der Waals surface area contributed by atoms with Crippen LogP contribution in [0, 0.1) is 0 Å². The zero-order valence-corrected chi connectivity index (χ0v) is 12.9. The van der Waals surface area contributed by atoms with Gasteiger partial charge in [-0.05, 0) is 23.5 Å². The van der Waals surface area contributed by atoms with Crippen molar-refractivity contribution < 1.29 is 4.52 Å². The Labute approximate surface area is 126 Å². The molecule has 21 heavy (non-hydrogen) atoms. The molecule has 0 saturated carbocycles. The number of aromatic amines is 1. The van der Waals surface area contributed by atoms with Crippen molar-refractivity contribution in [2.24, 2.45) is 0 Å². The summed E-state index contributed by atoms with van der Waals surface area (Å²) in [6.07, 6.45) is 1.76. The van der Waals surface area contributed by atoms with Gasteiger partial charge in [-0.15, -0.1) is 0 Å². The second-order valence-electron chi connectivity index (χ2n) is 4.77. The van der Waals surface area contributed by atoms with E-state index in [2.05, 4.69) is 22.0 Å². The molecular formula is C15H17N4OS+. The fraction of sp³-hybridized carbons (Fsp3) is 0.333. The quantitative estimate of drug-likeness (QED) is 0.455. The number of fused-ring (bicyclic) bond motifs is 3. The molecule has 0 spiro atoms. The normalized spacial score (nSPS) is 11.3. The van der Waals surface area contributed by atoms with Gasteiger partial charge in [0.2, 0.25) is 10.7 Å². The van der Waals surface area contributed by atoms with Gasteiger partial charge in [0.05, 0.1) is 11.8 Å². The third kappa shape index (κ3) is 2.51. The van der Waals surface area contributed by atoms with E-state index in [-0.39, 0.29) is 5.56 Å². The van der Waals surface area contributed by atoms with Crippen molar-refractivity contribution in [1.82, 2.24) is 15.1 Å². The number of benzene rings is 1. The Morgan fingerprint density at radius 2 is 2.10 bits per heavy atom. The van der Waals surface area contributed by atoms with Crippen LogP contribution in [0.15, 0.2) is 34.2 Å². The number of aryl methyl sites for hydroxylation is 1. The number of para-hydroxylation sites is 1. The molecular weight excluding hydrogens is 284 g/mol. The van der Waals surface area contributed by atoms with Crippen molar-refractivity contribution in [3.05, 3.63) is 40.4 Å². The number of rotatable bonds is 4. The Kier molecular flexibility index (Phi) is 3.88. The number of nitrogens with zero attached hydrogens (tertiary/aromatic N) is 3. The summed E-state index contributed by atoms with van der Waals surface area (Å²) < 4.78 is 1.69. The van der Waals surface area contributed by atoms with Gasteiger partial charge < -0.3 is 0 Å². The van der Waals surface area contributed by atoms with Gasteiger partial charge >= 0.3 is 11.4 Å². The van der Waals surface area contributed by atoms with Crippen LogP contribution in [-0.2, 0) is 6.42 Å². The first-order valence-electron chi connectivity index (χ1n) is 7.11. The minimum Gasteiger partial charge on any atom is -0.295 e. The number of H-pyrrole nitrogens is 1. The Morgan fingerprint density at radius 1 is 1.29 bits per heavy atom. The molecule has 0 fully saturated rings. The predicted molar refractivity (Wildman–Crippen MR) is 83.7 cm³/mol. The van der Waals surface area contributed by atoms with Crippen LogP contribution < -0.4 is 10.1 Å². The van der Waals surface area contributed by atoms with Gasteiger partial charge in [-0.25, -0.2) is 0 Å². The number of aromatic nitrogens is 4. The van der Waals surface area contributed by atoms with E-state index >= 15 is 0 Å². The van der Waals surface area contributed by atoms with E-state index in [0.717, 1.165) is 35.3 Å². The molecule has 0 aliphatic rings. The Morgan fingerprint density at radius 3 is 2.86 bits per heavy atom. The van der Waals surface area contributed by atoms with E-state index < -0.39 is 0 Å². The number of nitrogens with one attached hydrogen (secondary N) is 1. The molecule has 5 nitrogen and oxygen atoms in total. The van der Waals surface area contributed by atoms with E-state index in [1.165, 1.54) is 0 Å². The molecule has 0 aliphatic heterocycles. The van der Waals surface area contributed by atoms with Crippen LogP contribution in [0.5, 0.6) is 0 Å². The number of hydrogen-bond acceptors (Lipinski definition) is 4. The predicted octanol–water partition coefficient (Wildman–Crippen LogP) is 2.12. The topological polar surface area (TPSA) is 62.7 Å². The molecule has 6 heteroatoms. The molecule has 0 atom stereocenters. The average molecular weight is 301 g/mol. The van der Waals surface area contributed by atoms with E-state index in [1.807, 2.05) is 31.2 Å².